The van der Waals surface area contributed by atoms with Gasteiger partial charge in [-0.3, -0.25) is 13.9 Å². The third-order valence-electron chi connectivity index (χ3n) is 6.18. The Bertz CT molecular complexity index is 1140. The van der Waals surface area contributed by atoms with Gasteiger partial charge in [-0.05, 0) is 55.2 Å². The summed E-state index contributed by atoms with van der Waals surface area (Å²) >= 11 is 6.35. The van der Waals surface area contributed by atoms with E-state index >= 15 is 0 Å². The second kappa shape index (κ2) is 11.9. The molecule has 2 aromatic rings. The number of carbonyl (C=O) groups is 2. The quantitative estimate of drug-likeness (QED) is 0.507. The fourth-order valence-corrected chi connectivity index (χ4v) is 5.36. The smallest absolute Gasteiger partial charge is 0.244 e. The van der Waals surface area contributed by atoms with Gasteiger partial charge in [0.1, 0.15) is 18.4 Å². The summed E-state index contributed by atoms with van der Waals surface area (Å²) in [6.07, 6.45) is 5.20. The molecule has 1 unspecified atom stereocenters. The molecule has 1 N–H and O–H groups in total. The van der Waals surface area contributed by atoms with E-state index in [1.165, 1.54) is 17.0 Å². The van der Waals surface area contributed by atoms with Crippen LogP contribution in [-0.2, 0) is 26.2 Å². The highest BCUT2D eigenvalue weighted by Gasteiger charge is 2.33. The van der Waals surface area contributed by atoms with Gasteiger partial charge in [-0.15, -0.1) is 0 Å². The Morgan fingerprint density at radius 3 is 2.31 bits per heavy atom. The lowest BCUT2D eigenvalue weighted by molar-refractivity contribution is -0.140. The van der Waals surface area contributed by atoms with Crippen molar-refractivity contribution < 1.29 is 22.4 Å². The molecule has 35 heavy (non-hydrogen) atoms. The van der Waals surface area contributed by atoms with Gasteiger partial charge >= 0.3 is 0 Å². The molecule has 0 saturated heterocycles. The van der Waals surface area contributed by atoms with Crippen LogP contribution in [0.4, 0.5) is 10.1 Å². The number of benzene rings is 2. The summed E-state index contributed by atoms with van der Waals surface area (Å²) in [5.41, 5.74) is 0.797. The van der Waals surface area contributed by atoms with Crippen LogP contribution in [0.15, 0.2) is 48.5 Å². The molecule has 1 fully saturated rings. The molecule has 1 aliphatic rings. The molecule has 7 nitrogen and oxygen atoms in total. The predicted octanol–water partition coefficient (Wildman–Crippen LogP) is 4.11. The molecule has 3 rings (SSSR count). The summed E-state index contributed by atoms with van der Waals surface area (Å²) in [7, 11) is -3.87. The topological polar surface area (TPSA) is 86.8 Å². The minimum Gasteiger partial charge on any atom is -0.352 e. The van der Waals surface area contributed by atoms with Crippen LogP contribution in [0.2, 0.25) is 5.02 Å². The lowest BCUT2D eigenvalue weighted by atomic mass is 10.1. The fourth-order valence-electron chi connectivity index (χ4n) is 4.32. The van der Waals surface area contributed by atoms with Crippen LogP contribution in [0.3, 0.4) is 0 Å². The van der Waals surface area contributed by atoms with E-state index in [1.54, 1.807) is 31.2 Å². The maximum absolute atomic E-state index is 13.6. The van der Waals surface area contributed by atoms with Gasteiger partial charge in [0.25, 0.3) is 0 Å². The molecule has 0 heterocycles. The highest BCUT2D eigenvalue weighted by Crippen LogP contribution is 2.23. The first-order valence-electron chi connectivity index (χ1n) is 11.7. The number of amides is 2. The summed E-state index contributed by atoms with van der Waals surface area (Å²) in [6, 6.07) is 11.1. The van der Waals surface area contributed by atoms with Crippen LogP contribution >= 0.6 is 11.6 Å². The molecular weight excluding hydrogens is 493 g/mol. The van der Waals surface area contributed by atoms with E-state index in [0.29, 0.717) is 17.0 Å². The van der Waals surface area contributed by atoms with Crippen LogP contribution in [-0.4, -0.2) is 50.0 Å². The van der Waals surface area contributed by atoms with Crippen LogP contribution in [0.25, 0.3) is 0 Å². The molecule has 0 bridgehead atoms. The third kappa shape index (κ3) is 7.18. The number of anilines is 1. The standard InChI is InChI=1S/C25H31ClFN3O4S/c1-3-23(25(32)28-20-9-5-6-10-20)29(16-18-8-4-7-11-22(18)26)24(31)17-30(35(2,33)34)21-14-12-19(27)13-15-21/h4,7-8,11-15,20,23H,3,5-6,9-10,16-17H2,1-2H3,(H,28,32). The van der Waals surface area contributed by atoms with Crippen molar-refractivity contribution in [2.75, 3.05) is 17.1 Å². The van der Waals surface area contributed by atoms with Gasteiger partial charge in [-0.1, -0.05) is 49.6 Å². The van der Waals surface area contributed by atoms with E-state index in [2.05, 4.69) is 5.32 Å². The molecular formula is C25H31ClFN3O4S. The second-order valence-electron chi connectivity index (χ2n) is 8.77. The number of sulfonamides is 1. The normalized spacial score (nSPS) is 15.0. The summed E-state index contributed by atoms with van der Waals surface area (Å²) in [4.78, 5) is 28.2. The van der Waals surface area contributed by atoms with E-state index < -0.39 is 34.3 Å². The minimum atomic E-state index is -3.87. The van der Waals surface area contributed by atoms with Crippen molar-refractivity contribution in [1.82, 2.24) is 10.2 Å². The molecule has 0 radical (unpaired) electrons. The van der Waals surface area contributed by atoms with Gasteiger partial charge in [0.15, 0.2) is 0 Å². The summed E-state index contributed by atoms with van der Waals surface area (Å²) < 4.78 is 39.4. The average Bonchev–Trinajstić information content (AvgIpc) is 3.31. The Labute approximate surface area is 211 Å². The Balaban J connectivity index is 1.92. The molecule has 2 aromatic carbocycles. The first-order chi connectivity index (χ1) is 16.6. The Morgan fingerprint density at radius 2 is 1.74 bits per heavy atom. The second-order valence-corrected chi connectivity index (χ2v) is 11.1. The van der Waals surface area contributed by atoms with Gasteiger partial charge in [0, 0.05) is 17.6 Å². The van der Waals surface area contributed by atoms with Crippen molar-refractivity contribution >= 4 is 39.1 Å². The van der Waals surface area contributed by atoms with Crippen LogP contribution < -0.4 is 9.62 Å². The monoisotopic (exact) mass is 523 g/mol. The summed E-state index contributed by atoms with van der Waals surface area (Å²) in [5.74, 6) is -1.36. The van der Waals surface area contributed by atoms with Crippen molar-refractivity contribution in [3.05, 3.63) is 64.9 Å². The number of nitrogens with zero attached hydrogens (tertiary/aromatic N) is 2. The van der Waals surface area contributed by atoms with E-state index in [9.17, 15) is 22.4 Å². The van der Waals surface area contributed by atoms with E-state index in [1.807, 2.05) is 0 Å². The van der Waals surface area contributed by atoms with E-state index in [0.717, 1.165) is 48.4 Å². The number of carbonyl (C=O) groups excluding carboxylic acids is 2. The van der Waals surface area contributed by atoms with Gasteiger partial charge in [0.05, 0.1) is 11.9 Å². The molecule has 0 aliphatic heterocycles. The lowest BCUT2D eigenvalue weighted by Crippen LogP contribution is -2.53. The molecule has 1 aliphatic carbocycles. The molecule has 190 valence electrons. The van der Waals surface area contributed by atoms with Crippen LogP contribution in [0.1, 0.15) is 44.6 Å². The third-order valence-corrected chi connectivity index (χ3v) is 7.69. The Morgan fingerprint density at radius 1 is 1.11 bits per heavy atom. The zero-order valence-corrected chi connectivity index (χ0v) is 21.5. The van der Waals surface area contributed by atoms with Crippen molar-refractivity contribution in [2.45, 2.75) is 57.7 Å². The number of rotatable bonds is 10. The summed E-state index contributed by atoms with van der Waals surface area (Å²) in [5, 5.41) is 3.49. The maximum Gasteiger partial charge on any atom is 0.244 e. The highest BCUT2D eigenvalue weighted by molar-refractivity contribution is 7.92. The largest absolute Gasteiger partial charge is 0.352 e. The number of halogens is 2. The van der Waals surface area contributed by atoms with Crippen molar-refractivity contribution in [3.63, 3.8) is 0 Å². The average molecular weight is 524 g/mol. The number of nitrogens with one attached hydrogen (secondary N) is 1. The predicted molar refractivity (Wildman–Crippen MR) is 135 cm³/mol. The number of hydrogen-bond donors (Lipinski definition) is 1. The van der Waals surface area contributed by atoms with Gasteiger partial charge < -0.3 is 10.2 Å². The van der Waals surface area contributed by atoms with Gasteiger partial charge in [-0.2, -0.15) is 0 Å². The lowest BCUT2D eigenvalue weighted by Gasteiger charge is -2.33. The maximum atomic E-state index is 13.6. The van der Waals surface area contributed by atoms with Gasteiger partial charge in [0.2, 0.25) is 21.8 Å². The van der Waals surface area contributed by atoms with Crippen LogP contribution in [0.5, 0.6) is 0 Å². The Hall–Kier alpha value is -2.65. The molecule has 1 atom stereocenters. The molecule has 0 aromatic heterocycles. The fraction of sp³-hybridized carbons (Fsp3) is 0.440. The molecule has 2 amide bonds. The SMILES string of the molecule is CCC(C(=O)NC1CCCC1)N(Cc1ccccc1Cl)C(=O)CN(c1ccc(F)cc1)S(C)(=O)=O. The minimum absolute atomic E-state index is 0.0378. The first-order valence-corrected chi connectivity index (χ1v) is 13.9. The molecule has 1 saturated carbocycles. The zero-order valence-electron chi connectivity index (χ0n) is 19.9. The van der Waals surface area contributed by atoms with Crippen molar-refractivity contribution in [2.24, 2.45) is 0 Å². The van der Waals surface area contributed by atoms with Gasteiger partial charge in [-0.25, -0.2) is 12.8 Å². The Kier molecular flexibility index (Phi) is 9.13. The van der Waals surface area contributed by atoms with Crippen molar-refractivity contribution in [1.29, 1.82) is 0 Å². The molecule has 0 spiro atoms. The molecule has 10 heteroatoms. The number of hydrogen-bond acceptors (Lipinski definition) is 4. The van der Waals surface area contributed by atoms with E-state index in [-0.39, 0.29) is 24.2 Å². The summed E-state index contributed by atoms with van der Waals surface area (Å²) in [6.45, 7) is 1.30. The van der Waals surface area contributed by atoms with Crippen molar-refractivity contribution in [3.8, 4) is 0 Å². The zero-order chi connectivity index (χ0) is 25.6. The van der Waals surface area contributed by atoms with Crippen LogP contribution in [0, 0.1) is 5.82 Å². The van der Waals surface area contributed by atoms with E-state index in [4.69, 9.17) is 11.6 Å². The first kappa shape index (κ1) is 26.9. The highest BCUT2D eigenvalue weighted by atomic mass is 35.5.